The molecule has 0 aliphatic carbocycles. The Balaban J connectivity index is 1.44. The molecule has 0 aliphatic rings. The van der Waals surface area contributed by atoms with Gasteiger partial charge in [-0.1, -0.05) is 30.3 Å². The zero-order valence-corrected chi connectivity index (χ0v) is 13.3. The Labute approximate surface area is 141 Å². The van der Waals surface area contributed by atoms with Crippen LogP contribution >= 0.6 is 0 Å². The second-order valence-electron chi connectivity index (χ2n) is 5.39. The number of carbonyl (C=O) groups is 1. The molecular weight excluding hydrogens is 302 g/mol. The van der Waals surface area contributed by atoms with Crippen LogP contribution in [-0.2, 0) is 6.42 Å². The molecule has 4 heteroatoms. The molecule has 1 N–H and O–H groups in total. The second-order valence-corrected chi connectivity index (χ2v) is 5.39. The van der Waals surface area contributed by atoms with Gasteiger partial charge >= 0.3 is 0 Å². The maximum atomic E-state index is 11.9. The molecule has 0 saturated heterocycles. The van der Waals surface area contributed by atoms with Crippen molar-refractivity contribution >= 4 is 11.6 Å². The summed E-state index contributed by atoms with van der Waals surface area (Å²) in [5, 5.41) is 2.77. The minimum Gasteiger partial charge on any atom is -0.494 e. The van der Waals surface area contributed by atoms with E-state index in [2.05, 4.69) is 17.4 Å². The summed E-state index contributed by atoms with van der Waals surface area (Å²) in [6, 6.07) is 21.0. The Bertz CT molecular complexity index is 749. The third-order valence-corrected chi connectivity index (χ3v) is 3.58. The lowest BCUT2D eigenvalue weighted by Gasteiger charge is -2.08. The van der Waals surface area contributed by atoms with Crippen molar-refractivity contribution in [1.29, 1.82) is 0 Å². The van der Waals surface area contributed by atoms with Gasteiger partial charge in [0, 0.05) is 5.69 Å². The fourth-order valence-corrected chi connectivity index (χ4v) is 2.35. The van der Waals surface area contributed by atoms with Crippen LogP contribution in [0.25, 0.3) is 0 Å². The summed E-state index contributed by atoms with van der Waals surface area (Å²) in [6.45, 7) is 0.660. The van der Waals surface area contributed by atoms with E-state index in [0.29, 0.717) is 12.3 Å². The molecule has 0 spiro atoms. The number of furan rings is 1. The van der Waals surface area contributed by atoms with E-state index in [0.717, 1.165) is 18.6 Å². The Hall–Kier alpha value is -3.01. The highest BCUT2D eigenvalue weighted by Crippen LogP contribution is 2.17. The van der Waals surface area contributed by atoms with E-state index < -0.39 is 0 Å². The summed E-state index contributed by atoms with van der Waals surface area (Å²) >= 11 is 0. The monoisotopic (exact) mass is 321 g/mol. The van der Waals surface area contributed by atoms with Crippen molar-refractivity contribution in [2.75, 3.05) is 11.9 Å². The van der Waals surface area contributed by atoms with Gasteiger partial charge in [0.05, 0.1) is 12.9 Å². The summed E-state index contributed by atoms with van der Waals surface area (Å²) in [5.41, 5.74) is 2.02. The van der Waals surface area contributed by atoms with E-state index in [4.69, 9.17) is 9.15 Å². The van der Waals surface area contributed by atoms with Crippen LogP contribution in [0, 0.1) is 0 Å². The van der Waals surface area contributed by atoms with Crippen LogP contribution in [0.4, 0.5) is 5.69 Å². The summed E-state index contributed by atoms with van der Waals surface area (Å²) in [6.07, 6.45) is 3.43. The van der Waals surface area contributed by atoms with Gasteiger partial charge in [0.15, 0.2) is 5.76 Å². The molecule has 0 atom stereocenters. The van der Waals surface area contributed by atoms with Gasteiger partial charge in [0.1, 0.15) is 5.75 Å². The molecule has 24 heavy (non-hydrogen) atoms. The maximum absolute atomic E-state index is 11.9. The average molecular weight is 321 g/mol. The molecule has 0 bridgehead atoms. The lowest BCUT2D eigenvalue weighted by atomic mass is 10.1. The molecule has 0 radical (unpaired) electrons. The van der Waals surface area contributed by atoms with Gasteiger partial charge in [0.2, 0.25) is 0 Å². The molecule has 4 nitrogen and oxygen atoms in total. The van der Waals surface area contributed by atoms with Crippen molar-refractivity contribution in [3.63, 3.8) is 0 Å². The average Bonchev–Trinajstić information content (AvgIpc) is 3.16. The van der Waals surface area contributed by atoms with Gasteiger partial charge in [-0.3, -0.25) is 4.79 Å². The Morgan fingerprint density at radius 2 is 1.75 bits per heavy atom. The van der Waals surface area contributed by atoms with Crippen molar-refractivity contribution in [2.24, 2.45) is 0 Å². The van der Waals surface area contributed by atoms with Crippen molar-refractivity contribution in [3.05, 3.63) is 84.3 Å². The molecule has 122 valence electrons. The minimum absolute atomic E-state index is 0.267. The van der Waals surface area contributed by atoms with E-state index in [-0.39, 0.29) is 11.7 Å². The topological polar surface area (TPSA) is 51.5 Å². The van der Waals surface area contributed by atoms with E-state index >= 15 is 0 Å². The highest BCUT2D eigenvalue weighted by molar-refractivity contribution is 6.02. The molecular formula is C20H19NO3. The molecule has 3 aromatic rings. The van der Waals surface area contributed by atoms with Gasteiger partial charge in [-0.15, -0.1) is 0 Å². The normalized spacial score (nSPS) is 10.3. The van der Waals surface area contributed by atoms with Gasteiger partial charge in [0.25, 0.3) is 5.91 Å². The lowest BCUT2D eigenvalue weighted by molar-refractivity contribution is 0.0996. The number of hydrogen-bond acceptors (Lipinski definition) is 3. The second kappa shape index (κ2) is 8.02. The molecule has 0 saturated carbocycles. The number of benzene rings is 2. The Kier molecular flexibility index (Phi) is 5.30. The van der Waals surface area contributed by atoms with Crippen molar-refractivity contribution in [2.45, 2.75) is 12.8 Å². The summed E-state index contributed by atoms with van der Waals surface area (Å²) in [5.74, 6) is 0.812. The molecule has 0 aliphatic heterocycles. The third kappa shape index (κ3) is 4.49. The van der Waals surface area contributed by atoms with E-state index in [1.54, 1.807) is 12.1 Å². The number of nitrogens with one attached hydrogen (secondary N) is 1. The number of ether oxygens (including phenoxy) is 1. The zero-order valence-electron chi connectivity index (χ0n) is 13.3. The third-order valence-electron chi connectivity index (χ3n) is 3.58. The maximum Gasteiger partial charge on any atom is 0.291 e. The highest BCUT2D eigenvalue weighted by atomic mass is 16.5. The molecule has 0 fully saturated rings. The van der Waals surface area contributed by atoms with Gasteiger partial charge in [-0.05, 0) is 54.8 Å². The fourth-order valence-electron chi connectivity index (χ4n) is 2.35. The number of amides is 1. The van der Waals surface area contributed by atoms with E-state index in [1.165, 1.54) is 11.8 Å². The number of aryl methyl sites for hydroxylation is 1. The van der Waals surface area contributed by atoms with Gasteiger partial charge in [-0.25, -0.2) is 0 Å². The summed E-state index contributed by atoms with van der Waals surface area (Å²) in [4.78, 5) is 11.9. The smallest absolute Gasteiger partial charge is 0.291 e. The molecule has 1 aromatic heterocycles. The molecule has 1 heterocycles. The predicted octanol–water partition coefficient (Wildman–Crippen LogP) is 4.54. The standard InChI is InChI=1S/C20H19NO3/c22-20(19-9-5-15-24-19)21-17-10-12-18(13-11-17)23-14-4-8-16-6-2-1-3-7-16/h1-3,5-7,9-13,15H,4,8,14H2,(H,21,22). The van der Waals surface area contributed by atoms with Crippen LogP contribution in [0.5, 0.6) is 5.75 Å². The first-order valence-corrected chi connectivity index (χ1v) is 7.93. The van der Waals surface area contributed by atoms with Crippen molar-refractivity contribution < 1.29 is 13.9 Å². The minimum atomic E-state index is -0.267. The van der Waals surface area contributed by atoms with Gasteiger partial charge < -0.3 is 14.5 Å². The van der Waals surface area contributed by atoms with Crippen LogP contribution in [0.15, 0.2) is 77.4 Å². The van der Waals surface area contributed by atoms with Crippen LogP contribution in [-0.4, -0.2) is 12.5 Å². The molecule has 3 rings (SSSR count). The number of anilines is 1. The SMILES string of the molecule is O=C(Nc1ccc(OCCCc2ccccc2)cc1)c1ccco1. The Morgan fingerprint density at radius 3 is 2.46 bits per heavy atom. The first kappa shape index (κ1) is 15.9. The predicted molar refractivity (Wildman–Crippen MR) is 93.4 cm³/mol. The molecule has 0 unspecified atom stereocenters. The highest BCUT2D eigenvalue weighted by Gasteiger charge is 2.08. The summed E-state index contributed by atoms with van der Waals surface area (Å²) in [7, 11) is 0. The zero-order chi connectivity index (χ0) is 16.6. The largest absolute Gasteiger partial charge is 0.494 e. The molecule has 2 aromatic carbocycles. The van der Waals surface area contributed by atoms with Crippen LogP contribution < -0.4 is 10.1 Å². The first-order valence-electron chi connectivity index (χ1n) is 7.93. The van der Waals surface area contributed by atoms with E-state index in [9.17, 15) is 4.79 Å². The summed E-state index contributed by atoms with van der Waals surface area (Å²) < 4.78 is 10.8. The lowest BCUT2D eigenvalue weighted by Crippen LogP contribution is -2.10. The fraction of sp³-hybridized carbons (Fsp3) is 0.150. The Morgan fingerprint density at radius 1 is 0.958 bits per heavy atom. The number of hydrogen-bond donors (Lipinski definition) is 1. The number of carbonyl (C=O) groups excluding carboxylic acids is 1. The van der Waals surface area contributed by atoms with Crippen LogP contribution in [0.1, 0.15) is 22.5 Å². The first-order chi connectivity index (χ1) is 11.8. The van der Waals surface area contributed by atoms with E-state index in [1.807, 2.05) is 42.5 Å². The van der Waals surface area contributed by atoms with Crippen LogP contribution in [0.3, 0.4) is 0 Å². The van der Waals surface area contributed by atoms with Crippen molar-refractivity contribution in [3.8, 4) is 5.75 Å². The molecule has 1 amide bonds. The van der Waals surface area contributed by atoms with Gasteiger partial charge in [-0.2, -0.15) is 0 Å². The van der Waals surface area contributed by atoms with Crippen LogP contribution in [0.2, 0.25) is 0 Å². The van der Waals surface area contributed by atoms with Crippen molar-refractivity contribution in [1.82, 2.24) is 0 Å². The quantitative estimate of drug-likeness (QED) is 0.650. The number of rotatable bonds is 7.